The molecule has 108 valence electrons. The summed E-state index contributed by atoms with van der Waals surface area (Å²) in [7, 11) is 1.61. The number of likely N-dealkylation sites (N-methyl/N-ethyl adjacent to an activating group) is 1. The summed E-state index contributed by atoms with van der Waals surface area (Å²) in [4.78, 5) is 27.1. The maximum atomic E-state index is 11.2. The predicted octanol–water partition coefficient (Wildman–Crippen LogP) is 1.29. The number of ether oxygens (including phenoxy) is 1. The van der Waals surface area contributed by atoms with Crippen molar-refractivity contribution in [2.24, 2.45) is 5.92 Å². The first-order valence-corrected chi connectivity index (χ1v) is 6.54. The number of carboxylic acids is 1. The first-order valence-electron chi connectivity index (χ1n) is 5.74. The van der Waals surface area contributed by atoms with Crippen molar-refractivity contribution in [3.05, 3.63) is 27.0 Å². The van der Waals surface area contributed by atoms with Crippen LogP contribution >= 0.6 is 15.9 Å². The molecule has 20 heavy (non-hydrogen) atoms. The van der Waals surface area contributed by atoms with Gasteiger partial charge in [0.2, 0.25) is 0 Å². The van der Waals surface area contributed by atoms with Crippen LogP contribution in [0, 0.1) is 16.0 Å². The van der Waals surface area contributed by atoms with Gasteiger partial charge < -0.3 is 14.7 Å². The van der Waals surface area contributed by atoms with Crippen LogP contribution in [-0.4, -0.2) is 47.3 Å². The van der Waals surface area contributed by atoms with Crippen LogP contribution in [0.5, 0.6) is 0 Å². The number of pyridine rings is 1. The van der Waals surface area contributed by atoms with Crippen LogP contribution in [0.4, 0.5) is 11.4 Å². The number of nitro groups is 1. The Morgan fingerprint density at radius 1 is 1.60 bits per heavy atom. The van der Waals surface area contributed by atoms with Crippen molar-refractivity contribution in [2.75, 3.05) is 25.2 Å². The average molecular weight is 346 g/mol. The van der Waals surface area contributed by atoms with E-state index in [1.54, 1.807) is 11.9 Å². The van der Waals surface area contributed by atoms with E-state index in [1.165, 1.54) is 6.20 Å². The maximum Gasteiger partial charge on any atom is 0.311 e. The Balaban J connectivity index is 2.40. The minimum Gasteiger partial charge on any atom is -0.481 e. The smallest absolute Gasteiger partial charge is 0.311 e. The van der Waals surface area contributed by atoms with E-state index in [1.807, 2.05) is 0 Å². The number of hydrogen-bond acceptors (Lipinski definition) is 6. The number of halogens is 1. The molecule has 1 aromatic heterocycles. The standard InChI is InChI=1S/C11H12BrN3O5/c1-14(9-5-20-4-6(9)11(16)17)10-7(12)2-13-3-8(10)15(18)19/h2-3,6,9H,4-5H2,1H3,(H,16,17). The van der Waals surface area contributed by atoms with Gasteiger partial charge in [-0.15, -0.1) is 0 Å². The molecule has 1 saturated heterocycles. The molecule has 0 radical (unpaired) electrons. The monoisotopic (exact) mass is 345 g/mol. The summed E-state index contributed by atoms with van der Waals surface area (Å²) >= 11 is 3.22. The van der Waals surface area contributed by atoms with Crippen molar-refractivity contribution in [1.82, 2.24) is 4.98 Å². The van der Waals surface area contributed by atoms with Crippen molar-refractivity contribution >= 4 is 33.3 Å². The van der Waals surface area contributed by atoms with Crippen LogP contribution < -0.4 is 4.90 Å². The molecule has 8 nitrogen and oxygen atoms in total. The van der Waals surface area contributed by atoms with E-state index in [0.717, 1.165) is 6.20 Å². The highest BCUT2D eigenvalue weighted by Gasteiger charge is 2.39. The molecule has 0 spiro atoms. The van der Waals surface area contributed by atoms with E-state index >= 15 is 0 Å². The number of carboxylic acid groups (broad SMARTS) is 1. The van der Waals surface area contributed by atoms with Gasteiger partial charge in [-0.05, 0) is 15.9 Å². The Kier molecular flexibility index (Phi) is 4.19. The van der Waals surface area contributed by atoms with Crippen LogP contribution in [0.15, 0.2) is 16.9 Å². The van der Waals surface area contributed by atoms with E-state index in [4.69, 9.17) is 9.84 Å². The Morgan fingerprint density at radius 3 is 2.90 bits per heavy atom. The highest BCUT2D eigenvalue weighted by molar-refractivity contribution is 9.10. The summed E-state index contributed by atoms with van der Waals surface area (Å²) in [6.07, 6.45) is 2.58. The SMILES string of the molecule is CN(c1c(Br)cncc1[N+](=O)[O-])C1COCC1C(=O)O. The Bertz CT molecular complexity index is 553. The summed E-state index contributed by atoms with van der Waals surface area (Å²) < 4.78 is 5.63. The van der Waals surface area contributed by atoms with E-state index < -0.39 is 22.9 Å². The lowest BCUT2D eigenvalue weighted by Gasteiger charge is -2.28. The third kappa shape index (κ3) is 2.59. The molecule has 2 unspecified atom stereocenters. The number of aliphatic carboxylic acids is 1. The largest absolute Gasteiger partial charge is 0.481 e. The first-order chi connectivity index (χ1) is 9.43. The Labute approximate surface area is 122 Å². The Morgan fingerprint density at radius 2 is 2.30 bits per heavy atom. The fourth-order valence-electron chi connectivity index (χ4n) is 2.23. The molecule has 1 aliphatic rings. The highest BCUT2D eigenvalue weighted by Crippen LogP contribution is 2.37. The molecule has 0 aliphatic carbocycles. The number of hydrogen-bond donors (Lipinski definition) is 1. The van der Waals surface area contributed by atoms with Gasteiger partial charge in [0.15, 0.2) is 0 Å². The minimum atomic E-state index is -0.979. The zero-order chi connectivity index (χ0) is 14.9. The van der Waals surface area contributed by atoms with Gasteiger partial charge in [0.25, 0.3) is 0 Å². The van der Waals surface area contributed by atoms with E-state index in [-0.39, 0.29) is 18.9 Å². The van der Waals surface area contributed by atoms with Gasteiger partial charge in [0, 0.05) is 13.2 Å². The van der Waals surface area contributed by atoms with Gasteiger partial charge in [0.05, 0.1) is 28.7 Å². The van der Waals surface area contributed by atoms with Gasteiger partial charge in [-0.25, -0.2) is 0 Å². The van der Waals surface area contributed by atoms with Crippen molar-refractivity contribution in [1.29, 1.82) is 0 Å². The number of nitrogens with zero attached hydrogens (tertiary/aromatic N) is 3. The summed E-state index contributed by atoms with van der Waals surface area (Å²) in [5.74, 6) is -1.70. The van der Waals surface area contributed by atoms with E-state index in [0.29, 0.717) is 10.2 Å². The molecule has 2 atom stereocenters. The van der Waals surface area contributed by atoms with Gasteiger partial charge in [-0.3, -0.25) is 19.9 Å². The number of carbonyl (C=O) groups is 1. The molecular formula is C11H12BrN3O5. The Hall–Kier alpha value is -1.74. The number of anilines is 1. The van der Waals surface area contributed by atoms with E-state index in [9.17, 15) is 14.9 Å². The van der Waals surface area contributed by atoms with Crippen LogP contribution in [-0.2, 0) is 9.53 Å². The fourth-order valence-corrected chi connectivity index (χ4v) is 2.83. The van der Waals surface area contributed by atoms with Gasteiger partial charge in [0.1, 0.15) is 17.8 Å². The van der Waals surface area contributed by atoms with E-state index in [2.05, 4.69) is 20.9 Å². The second-order valence-corrected chi connectivity index (χ2v) is 5.26. The zero-order valence-electron chi connectivity index (χ0n) is 10.5. The molecule has 2 heterocycles. The van der Waals surface area contributed by atoms with Crippen molar-refractivity contribution < 1.29 is 19.6 Å². The zero-order valence-corrected chi connectivity index (χ0v) is 12.1. The number of aromatic nitrogens is 1. The van der Waals surface area contributed by atoms with Crippen molar-refractivity contribution in [2.45, 2.75) is 6.04 Å². The lowest BCUT2D eigenvalue weighted by molar-refractivity contribution is -0.384. The molecular weight excluding hydrogens is 334 g/mol. The lowest BCUT2D eigenvalue weighted by Crippen LogP contribution is -2.41. The van der Waals surface area contributed by atoms with Gasteiger partial charge in [-0.1, -0.05) is 0 Å². The van der Waals surface area contributed by atoms with Crippen LogP contribution in [0.3, 0.4) is 0 Å². The first kappa shape index (κ1) is 14.7. The normalized spacial score (nSPS) is 21.7. The summed E-state index contributed by atoms with van der Waals surface area (Å²) in [6.45, 7) is 0.306. The maximum absolute atomic E-state index is 11.2. The van der Waals surface area contributed by atoms with Crippen LogP contribution in [0.1, 0.15) is 0 Å². The summed E-state index contributed by atoms with van der Waals surface area (Å²) in [5, 5.41) is 20.2. The molecule has 1 fully saturated rings. The summed E-state index contributed by atoms with van der Waals surface area (Å²) in [6, 6.07) is -0.468. The average Bonchev–Trinajstić information content (AvgIpc) is 2.86. The van der Waals surface area contributed by atoms with Crippen molar-refractivity contribution in [3.8, 4) is 0 Å². The molecule has 0 amide bonds. The van der Waals surface area contributed by atoms with Gasteiger partial charge >= 0.3 is 11.7 Å². The predicted molar refractivity (Wildman–Crippen MR) is 72.7 cm³/mol. The molecule has 9 heteroatoms. The molecule has 1 aliphatic heterocycles. The van der Waals surface area contributed by atoms with Crippen LogP contribution in [0.2, 0.25) is 0 Å². The second-order valence-electron chi connectivity index (χ2n) is 4.41. The quantitative estimate of drug-likeness (QED) is 0.647. The molecule has 0 saturated carbocycles. The highest BCUT2D eigenvalue weighted by atomic mass is 79.9. The molecule has 0 aromatic carbocycles. The van der Waals surface area contributed by atoms with Crippen molar-refractivity contribution in [3.63, 3.8) is 0 Å². The third-order valence-electron chi connectivity index (χ3n) is 3.27. The molecule has 1 aromatic rings. The van der Waals surface area contributed by atoms with Crippen LogP contribution in [0.25, 0.3) is 0 Å². The molecule has 0 bridgehead atoms. The third-order valence-corrected chi connectivity index (χ3v) is 3.85. The van der Waals surface area contributed by atoms with Gasteiger partial charge in [-0.2, -0.15) is 0 Å². The molecule has 1 N–H and O–H groups in total. The topological polar surface area (TPSA) is 106 Å². The lowest BCUT2D eigenvalue weighted by atomic mass is 10.0. The minimum absolute atomic E-state index is 0.0981. The molecule has 2 rings (SSSR count). The summed E-state index contributed by atoms with van der Waals surface area (Å²) in [5.41, 5.74) is 0.115. The number of rotatable bonds is 4. The second kappa shape index (κ2) is 5.71. The fraction of sp³-hybridized carbons (Fsp3) is 0.455.